The van der Waals surface area contributed by atoms with Crippen LogP contribution in [0, 0.1) is 0 Å². The molecule has 15 aromatic carbocycles. The molecule has 2 heteroatoms. The molecule has 0 N–H and O–H groups in total. The standard InChI is InChI=1S/C86H56N2/c1-5-21-60(22-6-1)81-47-48-82(61-23-7-2-8-24-61)87(81)69-46-45-65-52-80-79(55-68(65)51-69)78(59-39-37-57(38-40-59)76-53-66-29-13-15-31-70(66)72-33-17-19-35-74(72)76)56-85(88-83(62-25-9-3-10-26-62)49-50-84(88)63-27-11-4-12-28-63)86(80)64-43-41-58(42-44-64)77-54-67-30-14-16-32-71(67)73-34-18-20-36-75(73)77/h1-56H. The maximum atomic E-state index is 2.53. The fourth-order valence-electron chi connectivity index (χ4n) is 14.0. The first-order valence-corrected chi connectivity index (χ1v) is 30.4. The lowest BCUT2D eigenvalue weighted by atomic mass is 9.87. The van der Waals surface area contributed by atoms with Gasteiger partial charge >= 0.3 is 0 Å². The van der Waals surface area contributed by atoms with Crippen LogP contribution in [-0.4, -0.2) is 9.13 Å². The highest BCUT2D eigenvalue weighted by Crippen LogP contribution is 2.48. The molecule has 0 aliphatic rings. The molecular weight excluding hydrogens is 1060 g/mol. The number of benzene rings is 15. The van der Waals surface area contributed by atoms with Gasteiger partial charge in [0, 0.05) is 11.3 Å². The lowest BCUT2D eigenvalue weighted by molar-refractivity contribution is 1.10. The molecular formula is C86H56N2. The lowest BCUT2D eigenvalue weighted by Gasteiger charge is -2.23. The van der Waals surface area contributed by atoms with Crippen LogP contribution in [0.5, 0.6) is 0 Å². The number of fused-ring (bicyclic) bond motifs is 8. The molecule has 0 bridgehead atoms. The average molecular weight is 1120 g/mol. The Morgan fingerprint density at radius 3 is 0.966 bits per heavy atom. The minimum Gasteiger partial charge on any atom is -0.309 e. The van der Waals surface area contributed by atoms with Crippen molar-refractivity contribution in [3.63, 3.8) is 0 Å². The Labute approximate surface area is 511 Å². The van der Waals surface area contributed by atoms with Crippen LogP contribution in [-0.2, 0) is 0 Å². The van der Waals surface area contributed by atoms with Crippen LogP contribution in [0.1, 0.15) is 0 Å². The van der Waals surface area contributed by atoms with Crippen LogP contribution in [0.3, 0.4) is 0 Å². The fraction of sp³-hybridized carbons (Fsp3) is 0. The zero-order valence-corrected chi connectivity index (χ0v) is 48.2. The van der Waals surface area contributed by atoms with E-state index in [0.29, 0.717) is 0 Å². The highest BCUT2D eigenvalue weighted by molar-refractivity contribution is 6.17. The van der Waals surface area contributed by atoms with E-state index in [1.807, 2.05) is 0 Å². The summed E-state index contributed by atoms with van der Waals surface area (Å²) in [7, 11) is 0. The van der Waals surface area contributed by atoms with Crippen molar-refractivity contribution in [2.75, 3.05) is 0 Å². The van der Waals surface area contributed by atoms with Gasteiger partial charge in [-0.2, -0.15) is 0 Å². The molecule has 0 spiro atoms. The van der Waals surface area contributed by atoms with Crippen molar-refractivity contribution < 1.29 is 0 Å². The van der Waals surface area contributed by atoms with Crippen molar-refractivity contribution in [2.45, 2.75) is 0 Å². The summed E-state index contributed by atoms with van der Waals surface area (Å²) in [4.78, 5) is 0. The van der Waals surface area contributed by atoms with E-state index < -0.39 is 0 Å². The van der Waals surface area contributed by atoms with Crippen molar-refractivity contribution in [1.29, 1.82) is 0 Å². The SMILES string of the molecule is c1ccc(-c2ccc(-c3ccccc3)n2-c2ccc3cc4c(-c5ccc(-c6cc7ccccc7c7ccccc67)cc5)c(-n5c(-c6ccccc6)ccc5-c5ccccc5)cc(-c5ccc(-c6cc7ccccc7c7ccccc67)cc5)c4cc3c2)cc1. The summed E-state index contributed by atoms with van der Waals surface area (Å²) >= 11 is 0. The van der Waals surface area contributed by atoms with Gasteiger partial charge in [0.25, 0.3) is 0 Å². The average Bonchev–Trinajstić information content (AvgIpc) is 3.92. The Hall–Kier alpha value is -11.6. The summed E-state index contributed by atoms with van der Waals surface area (Å²) in [5, 5.41) is 14.7. The first-order valence-electron chi connectivity index (χ1n) is 30.4. The number of nitrogens with zero attached hydrogens (tertiary/aromatic N) is 2. The molecule has 88 heavy (non-hydrogen) atoms. The van der Waals surface area contributed by atoms with E-state index in [9.17, 15) is 0 Å². The molecule has 17 rings (SSSR count). The largest absolute Gasteiger partial charge is 0.309 e. The Morgan fingerprint density at radius 1 is 0.170 bits per heavy atom. The zero-order valence-electron chi connectivity index (χ0n) is 48.2. The van der Waals surface area contributed by atoms with Gasteiger partial charge in [-0.05, 0) is 193 Å². The van der Waals surface area contributed by atoms with Crippen molar-refractivity contribution >= 4 is 64.6 Å². The molecule has 0 aliphatic heterocycles. The number of aromatic nitrogens is 2. The van der Waals surface area contributed by atoms with Gasteiger partial charge in [0.05, 0.1) is 28.5 Å². The quantitative estimate of drug-likeness (QED) is 0.0954. The van der Waals surface area contributed by atoms with Gasteiger partial charge in [-0.3, -0.25) is 0 Å². The summed E-state index contributed by atoms with van der Waals surface area (Å²) in [6, 6.07) is 126. The van der Waals surface area contributed by atoms with Crippen LogP contribution < -0.4 is 0 Å². The first-order chi connectivity index (χ1) is 43.6. The lowest BCUT2D eigenvalue weighted by Crippen LogP contribution is -2.04. The Kier molecular flexibility index (Phi) is 12.3. The van der Waals surface area contributed by atoms with Crippen LogP contribution in [0.2, 0.25) is 0 Å². The molecule has 0 unspecified atom stereocenters. The molecule has 410 valence electrons. The summed E-state index contributed by atoms with van der Waals surface area (Å²) in [6.07, 6.45) is 0. The maximum Gasteiger partial charge on any atom is 0.0553 e. The van der Waals surface area contributed by atoms with Crippen LogP contribution in [0.25, 0.3) is 166 Å². The van der Waals surface area contributed by atoms with E-state index in [2.05, 4.69) is 349 Å². The minimum atomic E-state index is 1.10. The van der Waals surface area contributed by atoms with Gasteiger partial charge in [0.2, 0.25) is 0 Å². The second-order valence-electron chi connectivity index (χ2n) is 23.1. The van der Waals surface area contributed by atoms with Gasteiger partial charge in [0.15, 0.2) is 0 Å². The molecule has 17 aromatic rings. The molecule has 0 amide bonds. The van der Waals surface area contributed by atoms with Gasteiger partial charge in [-0.15, -0.1) is 0 Å². The van der Waals surface area contributed by atoms with Crippen molar-refractivity contribution in [1.82, 2.24) is 9.13 Å². The Balaban J connectivity index is 0.947. The minimum absolute atomic E-state index is 1.10. The molecule has 2 aromatic heterocycles. The normalized spacial score (nSPS) is 11.6. The molecule has 0 aliphatic carbocycles. The number of hydrogen-bond acceptors (Lipinski definition) is 0. The predicted octanol–water partition coefficient (Wildman–Crippen LogP) is 23.5. The third-order valence-corrected chi connectivity index (χ3v) is 18.1. The highest BCUT2D eigenvalue weighted by atomic mass is 15.0. The van der Waals surface area contributed by atoms with E-state index in [0.717, 1.165) is 89.4 Å². The van der Waals surface area contributed by atoms with Crippen LogP contribution >= 0.6 is 0 Å². The van der Waals surface area contributed by atoms with Crippen molar-refractivity contribution in [3.8, 4) is 101 Å². The summed E-state index contributed by atoms with van der Waals surface area (Å²) in [5.74, 6) is 0. The molecule has 0 atom stereocenters. The second-order valence-corrected chi connectivity index (χ2v) is 23.1. The summed E-state index contributed by atoms with van der Waals surface area (Å²) in [5.41, 5.74) is 20.7. The smallest absolute Gasteiger partial charge is 0.0553 e. The van der Waals surface area contributed by atoms with E-state index in [1.165, 1.54) is 76.1 Å². The van der Waals surface area contributed by atoms with E-state index in [1.54, 1.807) is 0 Å². The third kappa shape index (κ3) is 8.64. The number of rotatable bonds is 10. The molecule has 0 fully saturated rings. The Morgan fingerprint density at radius 2 is 0.523 bits per heavy atom. The van der Waals surface area contributed by atoms with Gasteiger partial charge in [-0.25, -0.2) is 0 Å². The maximum absolute atomic E-state index is 2.53. The van der Waals surface area contributed by atoms with E-state index >= 15 is 0 Å². The Bertz CT molecular complexity index is 5390. The predicted molar refractivity (Wildman–Crippen MR) is 374 cm³/mol. The summed E-state index contributed by atoms with van der Waals surface area (Å²) in [6.45, 7) is 0. The molecule has 0 radical (unpaired) electrons. The van der Waals surface area contributed by atoms with E-state index in [-0.39, 0.29) is 0 Å². The molecule has 2 nitrogen and oxygen atoms in total. The van der Waals surface area contributed by atoms with Crippen molar-refractivity contribution in [3.05, 3.63) is 340 Å². The molecule has 0 saturated carbocycles. The number of hydrogen-bond donors (Lipinski definition) is 0. The highest BCUT2D eigenvalue weighted by Gasteiger charge is 2.24. The molecule has 0 saturated heterocycles. The van der Waals surface area contributed by atoms with Crippen LogP contribution in [0.4, 0.5) is 0 Å². The van der Waals surface area contributed by atoms with Crippen molar-refractivity contribution in [2.24, 2.45) is 0 Å². The molecule has 2 heterocycles. The fourth-order valence-corrected chi connectivity index (χ4v) is 14.0. The van der Waals surface area contributed by atoms with Crippen LogP contribution in [0.15, 0.2) is 340 Å². The van der Waals surface area contributed by atoms with E-state index in [4.69, 9.17) is 0 Å². The topological polar surface area (TPSA) is 9.86 Å². The van der Waals surface area contributed by atoms with Gasteiger partial charge < -0.3 is 9.13 Å². The monoisotopic (exact) mass is 1120 g/mol. The second kappa shape index (κ2) is 21.2. The third-order valence-electron chi connectivity index (χ3n) is 18.1. The first kappa shape index (κ1) is 50.9. The zero-order chi connectivity index (χ0) is 58.1. The van der Waals surface area contributed by atoms with Gasteiger partial charge in [0.1, 0.15) is 0 Å². The summed E-state index contributed by atoms with van der Waals surface area (Å²) < 4.78 is 4.96. The van der Waals surface area contributed by atoms with Gasteiger partial charge in [-0.1, -0.05) is 273 Å².